The average molecular weight is 340 g/mol. The second kappa shape index (κ2) is 6.50. The van der Waals surface area contributed by atoms with Crippen LogP contribution in [-0.2, 0) is 16.1 Å². The first-order valence-corrected chi connectivity index (χ1v) is 9.22. The molecule has 1 aromatic carbocycles. The van der Waals surface area contributed by atoms with Crippen LogP contribution in [0.5, 0.6) is 0 Å². The van der Waals surface area contributed by atoms with Crippen LogP contribution >= 0.6 is 0 Å². The van der Waals surface area contributed by atoms with E-state index in [2.05, 4.69) is 10.3 Å². The first-order chi connectivity index (χ1) is 12.2. The Bertz CT molecular complexity index is 801. The molecule has 4 rings (SSSR count). The van der Waals surface area contributed by atoms with E-state index in [9.17, 15) is 9.59 Å². The van der Waals surface area contributed by atoms with E-state index < -0.39 is 0 Å². The zero-order valence-corrected chi connectivity index (χ0v) is 14.6. The van der Waals surface area contributed by atoms with Crippen molar-refractivity contribution in [2.24, 2.45) is 11.8 Å². The summed E-state index contributed by atoms with van der Waals surface area (Å²) in [7, 11) is 0. The van der Waals surface area contributed by atoms with Crippen LogP contribution in [0, 0.1) is 11.8 Å². The molecule has 25 heavy (non-hydrogen) atoms. The highest BCUT2D eigenvalue weighted by Crippen LogP contribution is 2.32. The second-order valence-corrected chi connectivity index (χ2v) is 7.03. The number of amides is 2. The number of piperidine rings is 1. The van der Waals surface area contributed by atoms with E-state index in [1.165, 1.54) is 0 Å². The third-order valence-corrected chi connectivity index (χ3v) is 5.31. The fraction of sp³-hybridized carbons (Fsp3) is 0.526. The largest absolute Gasteiger partial charge is 0.342 e. The molecule has 132 valence electrons. The van der Waals surface area contributed by atoms with Gasteiger partial charge >= 0.3 is 0 Å². The monoisotopic (exact) mass is 340 g/mol. The molecule has 1 aromatic heterocycles. The highest BCUT2D eigenvalue weighted by atomic mass is 16.2. The second-order valence-electron chi connectivity index (χ2n) is 7.03. The topological polar surface area (TPSA) is 67.2 Å². The van der Waals surface area contributed by atoms with Gasteiger partial charge in [-0.05, 0) is 44.7 Å². The van der Waals surface area contributed by atoms with Gasteiger partial charge in [-0.2, -0.15) is 0 Å². The van der Waals surface area contributed by atoms with Crippen molar-refractivity contribution in [3.8, 4) is 0 Å². The molecule has 0 radical (unpaired) electrons. The fourth-order valence-electron chi connectivity index (χ4n) is 3.65. The molecule has 0 spiro atoms. The van der Waals surface area contributed by atoms with Crippen molar-refractivity contribution in [1.29, 1.82) is 0 Å². The Hall–Kier alpha value is -2.37. The number of nitrogens with one attached hydrogen (secondary N) is 1. The van der Waals surface area contributed by atoms with Crippen LogP contribution in [0.2, 0.25) is 0 Å². The number of carbonyl (C=O) groups excluding carboxylic acids is 2. The maximum Gasteiger partial charge on any atom is 0.229 e. The molecule has 1 N–H and O–H groups in total. The number of aryl methyl sites for hydroxylation is 1. The number of nitrogens with zero attached hydrogens (tertiary/aromatic N) is 3. The number of para-hydroxylation sites is 2. The standard InChI is InChI=1S/C19H24N4O2/c1-2-23-16-6-4-3-5-15(16)20-19(23)21-17(24)13-9-11-22(12-10-13)18(25)14-7-8-14/h3-6,13-14H,2,7-12H2,1H3,(H,20,21,24). The van der Waals surface area contributed by atoms with Gasteiger partial charge in [-0.1, -0.05) is 12.1 Å². The van der Waals surface area contributed by atoms with E-state index in [4.69, 9.17) is 0 Å². The Labute approximate surface area is 147 Å². The minimum atomic E-state index is -0.0478. The molecule has 1 aliphatic carbocycles. The predicted octanol–water partition coefficient (Wildman–Crippen LogP) is 2.64. The molecule has 2 amide bonds. The lowest BCUT2D eigenvalue weighted by atomic mass is 9.95. The van der Waals surface area contributed by atoms with E-state index in [-0.39, 0.29) is 23.7 Å². The highest BCUT2D eigenvalue weighted by molar-refractivity contribution is 5.93. The van der Waals surface area contributed by atoms with Crippen LogP contribution in [0.1, 0.15) is 32.6 Å². The first kappa shape index (κ1) is 16.1. The molecule has 2 aromatic rings. The van der Waals surface area contributed by atoms with E-state index in [1.54, 1.807) is 0 Å². The SMILES string of the molecule is CCn1c(NC(=O)C2CCN(C(=O)C3CC3)CC2)nc2ccccc21. The maximum absolute atomic E-state index is 12.7. The van der Waals surface area contributed by atoms with Crippen LogP contribution in [0.3, 0.4) is 0 Å². The van der Waals surface area contributed by atoms with Crippen molar-refractivity contribution in [3.63, 3.8) is 0 Å². The summed E-state index contributed by atoms with van der Waals surface area (Å²) < 4.78 is 2.03. The molecule has 2 aliphatic rings. The van der Waals surface area contributed by atoms with Crippen molar-refractivity contribution in [3.05, 3.63) is 24.3 Å². The van der Waals surface area contributed by atoms with E-state index in [0.29, 0.717) is 19.0 Å². The van der Waals surface area contributed by atoms with Gasteiger partial charge in [0.05, 0.1) is 11.0 Å². The molecule has 1 aliphatic heterocycles. The molecule has 1 saturated carbocycles. The smallest absolute Gasteiger partial charge is 0.229 e. The van der Waals surface area contributed by atoms with Crippen LogP contribution in [0.15, 0.2) is 24.3 Å². The van der Waals surface area contributed by atoms with Gasteiger partial charge in [-0.15, -0.1) is 0 Å². The Morgan fingerprint density at radius 2 is 1.84 bits per heavy atom. The van der Waals surface area contributed by atoms with E-state index >= 15 is 0 Å². The van der Waals surface area contributed by atoms with Crippen LogP contribution in [-0.4, -0.2) is 39.4 Å². The van der Waals surface area contributed by atoms with Crippen molar-refractivity contribution in [1.82, 2.24) is 14.5 Å². The fourth-order valence-corrected chi connectivity index (χ4v) is 3.65. The number of hydrogen-bond donors (Lipinski definition) is 1. The number of anilines is 1. The quantitative estimate of drug-likeness (QED) is 0.930. The number of hydrogen-bond acceptors (Lipinski definition) is 3. The van der Waals surface area contributed by atoms with Gasteiger partial charge in [0.15, 0.2) is 0 Å². The summed E-state index contributed by atoms with van der Waals surface area (Å²) in [6, 6.07) is 7.91. The Morgan fingerprint density at radius 1 is 1.12 bits per heavy atom. The minimum absolute atomic E-state index is 0.0172. The summed E-state index contributed by atoms with van der Waals surface area (Å²) in [5.74, 6) is 1.13. The number of likely N-dealkylation sites (tertiary alicyclic amines) is 1. The molecule has 0 atom stereocenters. The van der Waals surface area contributed by atoms with Crippen LogP contribution < -0.4 is 5.32 Å². The number of carbonyl (C=O) groups is 2. The minimum Gasteiger partial charge on any atom is -0.342 e. The van der Waals surface area contributed by atoms with E-state index in [1.807, 2.05) is 40.7 Å². The lowest BCUT2D eigenvalue weighted by Gasteiger charge is -2.31. The molecular formula is C19H24N4O2. The molecule has 0 unspecified atom stereocenters. The van der Waals surface area contributed by atoms with Crippen LogP contribution in [0.25, 0.3) is 11.0 Å². The molecule has 2 fully saturated rings. The Morgan fingerprint density at radius 3 is 2.52 bits per heavy atom. The lowest BCUT2D eigenvalue weighted by molar-refractivity contribution is -0.135. The van der Waals surface area contributed by atoms with Crippen LogP contribution in [0.4, 0.5) is 5.95 Å². The van der Waals surface area contributed by atoms with Gasteiger partial charge in [0.2, 0.25) is 17.8 Å². The lowest BCUT2D eigenvalue weighted by Crippen LogP contribution is -2.42. The number of benzene rings is 1. The molecule has 0 bridgehead atoms. The summed E-state index contributed by atoms with van der Waals surface area (Å²) in [6.45, 7) is 4.19. The summed E-state index contributed by atoms with van der Waals surface area (Å²) >= 11 is 0. The molecule has 6 nitrogen and oxygen atoms in total. The summed E-state index contributed by atoms with van der Waals surface area (Å²) in [4.78, 5) is 31.3. The van der Waals surface area contributed by atoms with Crippen molar-refractivity contribution >= 4 is 28.8 Å². The summed E-state index contributed by atoms with van der Waals surface area (Å²) in [6.07, 6.45) is 3.53. The molecular weight excluding hydrogens is 316 g/mol. The van der Waals surface area contributed by atoms with Gasteiger partial charge in [0.1, 0.15) is 0 Å². The number of fused-ring (bicyclic) bond motifs is 1. The van der Waals surface area contributed by atoms with Gasteiger partial charge in [-0.3, -0.25) is 14.9 Å². The highest BCUT2D eigenvalue weighted by Gasteiger charge is 2.36. The van der Waals surface area contributed by atoms with Crippen molar-refractivity contribution in [2.45, 2.75) is 39.2 Å². The zero-order valence-electron chi connectivity index (χ0n) is 14.6. The van der Waals surface area contributed by atoms with Crippen molar-refractivity contribution in [2.75, 3.05) is 18.4 Å². The van der Waals surface area contributed by atoms with Crippen molar-refractivity contribution < 1.29 is 9.59 Å². The number of imidazole rings is 1. The Kier molecular flexibility index (Phi) is 4.19. The van der Waals surface area contributed by atoms with Gasteiger partial charge in [-0.25, -0.2) is 4.98 Å². The zero-order chi connectivity index (χ0) is 17.4. The molecule has 6 heteroatoms. The molecule has 1 saturated heterocycles. The average Bonchev–Trinajstić information content (AvgIpc) is 3.43. The van der Waals surface area contributed by atoms with E-state index in [0.717, 1.165) is 43.3 Å². The van der Waals surface area contributed by atoms with Gasteiger partial charge < -0.3 is 9.47 Å². The first-order valence-electron chi connectivity index (χ1n) is 9.22. The predicted molar refractivity (Wildman–Crippen MR) is 96.1 cm³/mol. The Balaban J connectivity index is 1.42. The number of rotatable bonds is 4. The summed E-state index contributed by atoms with van der Waals surface area (Å²) in [5, 5.41) is 3.01. The molecule has 2 heterocycles. The normalized spacial score (nSPS) is 18.5. The van der Waals surface area contributed by atoms with Gasteiger partial charge in [0.25, 0.3) is 0 Å². The maximum atomic E-state index is 12.7. The third-order valence-electron chi connectivity index (χ3n) is 5.31. The summed E-state index contributed by atoms with van der Waals surface area (Å²) in [5.41, 5.74) is 1.93. The van der Waals surface area contributed by atoms with Gasteiger partial charge in [0, 0.05) is 31.5 Å². The number of aromatic nitrogens is 2. The third kappa shape index (κ3) is 3.13.